The molecule has 4 heteroatoms. The number of fused-ring (bicyclic) bond motifs is 1. The summed E-state index contributed by atoms with van der Waals surface area (Å²) in [5.41, 5.74) is 3.23. The van der Waals surface area contributed by atoms with E-state index in [0.29, 0.717) is 11.1 Å². The number of hydrogen-bond donors (Lipinski definition) is 0. The molecule has 0 aliphatic carbocycles. The fourth-order valence-electron chi connectivity index (χ4n) is 2.71. The van der Waals surface area contributed by atoms with Crippen LogP contribution in [0.1, 0.15) is 13.8 Å². The summed E-state index contributed by atoms with van der Waals surface area (Å²) in [6.07, 6.45) is 0. The highest BCUT2D eigenvalue weighted by molar-refractivity contribution is 8.14. The minimum Gasteiger partial charge on any atom is -0.282 e. The van der Waals surface area contributed by atoms with Crippen molar-refractivity contribution in [3.05, 3.63) is 85.0 Å². The molecule has 3 aromatic rings. The highest BCUT2D eigenvalue weighted by Crippen LogP contribution is 2.36. The van der Waals surface area contributed by atoms with Crippen LogP contribution in [0.15, 0.2) is 94.8 Å². The van der Waals surface area contributed by atoms with Crippen molar-refractivity contribution < 1.29 is 9.59 Å². The van der Waals surface area contributed by atoms with Crippen LogP contribution in [0.2, 0.25) is 0 Å². The highest BCUT2D eigenvalue weighted by Gasteiger charge is 2.12. The van der Waals surface area contributed by atoms with Crippen molar-refractivity contribution in [3.63, 3.8) is 0 Å². The van der Waals surface area contributed by atoms with E-state index < -0.39 is 0 Å². The summed E-state index contributed by atoms with van der Waals surface area (Å²) in [5, 5.41) is 2.07. The Hall–Kier alpha value is -2.56. The van der Waals surface area contributed by atoms with Crippen molar-refractivity contribution in [1.29, 1.82) is 0 Å². The van der Waals surface area contributed by atoms with Crippen molar-refractivity contribution in [1.82, 2.24) is 0 Å². The van der Waals surface area contributed by atoms with E-state index in [2.05, 4.69) is 25.3 Å². The van der Waals surface area contributed by atoms with E-state index >= 15 is 0 Å². The standard InChI is InChI=1S/C24H20O2S2/c1-15(2)23(25)27-18-13-11-17(12-14-18)19-7-5-9-21-20(19)8-6-10-22(21)28-24(26)16(3)4/h5-14H,1,3H2,2,4H3. The smallest absolute Gasteiger partial charge is 0.219 e. The third-order valence-electron chi connectivity index (χ3n) is 4.16. The number of thioether (sulfide) groups is 2. The molecule has 3 rings (SSSR count). The number of carbonyl (C=O) groups is 2. The molecule has 0 radical (unpaired) electrons. The quantitative estimate of drug-likeness (QED) is 0.342. The SMILES string of the molecule is C=C(C)C(=O)Sc1ccc(-c2cccc3c(SC(=O)C(=C)C)cccc23)cc1. The Kier molecular flexibility index (Phi) is 6.22. The minimum absolute atomic E-state index is 0.0262. The Morgan fingerprint density at radius 2 is 1.29 bits per heavy atom. The molecule has 0 atom stereocenters. The fraction of sp³-hybridized carbons (Fsp3) is 0.0833. The summed E-state index contributed by atoms with van der Waals surface area (Å²) in [6, 6.07) is 20.0. The Morgan fingerprint density at radius 3 is 1.93 bits per heavy atom. The summed E-state index contributed by atoms with van der Waals surface area (Å²) in [7, 11) is 0. The van der Waals surface area contributed by atoms with Crippen molar-refractivity contribution in [2.24, 2.45) is 0 Å². The van der Waals surface area contributed by atoms with Crippen molar-refractivity contribution >= 4 is 44.5 Å². The molecule has 0 bridgehead atoms. The molecule has 0 amide bonds. The largest absolute Gasteiger partial charge is 0.282 e. The number of benzene rings is 3. The van der Waals surface area contributed by atoms with Crippen LogP contribution in [0.25, 0.3) is 21.9 Å². The first-order valence-electron chi connectivity index (χ1n) is 8.74. The van der Waals surface area contributed by atoms with Gasteiger partial charge in [-0.1, -0.05) is 55.6 Å². The Balaban J connectivity index is 1.97. The lowest BCUT2D eigenvalue weighted by Crippen LogP contribution is -1.92. The van der Waals surface area contributed by atoms with E-state index in [-0.39, 0.29) is 10.2 Å². The molecule has 0 N–H and O–H groups in total. The maximum atomic E-state index is 12.1. The molecule has 0 saturated carbocycles. The van der Waals surface area contributed by atoms with Crippen LogP contribution < -0.4 is 0 Å². The van der Waals surface area contributed by atoms with Crippen LogP contribution in [0, 0.1) is 0 Å². The normalized spacial score (nSPS) is 10.6. The van der Waals surface area contributed by atoms with Gasteiger partial charge in [0.2, 0.25) is 10.2 Å². The molecule has 0 heterocycles. The molecule has 0 spiro atoms. The van der Waals surface area contributed by atoms with Gasteiger partial charge in [-0.05, 0) is 88.6 Å². The number of hydrogen-bond acceptors (Lipinski definition) is 4. The van der Waals surface area contributed by atoms with Gasteiger partial charge in [0, 0.05) is 9.79 Å². The van der Waals surface area contributed by atoms with Crippen LogP contribution in [0.5, 0.6) is 0 Å². The van der Waals surface area contributed by atoms with Gasteiger partial charge < -0.3 is 0 Å². The second-order valence-corrected chi connectivity index (χ2v) is 8.58. The van der Waals surface area contributed by atoms with Crippen LogP contribution in [-0.2, 0) is 9.59 Å². The third-order valence-corrected chi connectivity index (χ3v) is 6.31. The summed E-state index contributed by atoms with van der Waals surface area (Å²) in [5.74, 6) is 0. The second kappa shape index (κ2) is 8.63. The predicted molar refractivity (Wildman–Crippen MR) is 121 cm³/mol. The van der Waals surface area contributed by atoms with E-state index in [9.17, 15) is 9.59 Å². The zero-order valence-corrected chi connectivity index (χ0v) is 17.5. The van der Waals surface area contributed by atoms with Gasteiger partial charge in [0.15, 0.2) is 0 Å². The molecule has 0 saturated heterocycles. The van der Waals surface area contributed by atoms with Crippen LogP contribution in [0.3, 0.4) is 0 Å². The molecule has 0 fully saturated rings. The van der Waals surface area contributed by atoms with Crippen LogP contribution in [0.4, 0.5) is 0 Å². The monoisotopic (exact) mass is 404 g/mol. The van der Waals surface area contributed by atoms with E-state index in [1.54, 1.807) is 13.8 Å². The molecule has 2 nitrogen and oxygen atoms in total. The lowest BCUT2D eigenvalue weighted by molar-refractivity contribution is -0.108. The van der Waals surface area contributed by atoms with E-state index in [4.69, 9.17) is 0 Å². The van der Waals surface area contributed by atoms with Crippen molar-refractivity contribution in [2.75, 3.05) is 0 Å². The van der Waals surface area contributed by atoms with Gasteiger partial charge in [-0.15, -0.1) is 0 Å². The third kappa shape index (κ3) is 4.46. The van der Waals surface area contributed by atoms with Gasteiger partial charge in [-0.2, -0.15) is 0 Å². The minimum atomic E-state index is -0.0264. The molecule has 0 aromatic heterocycles. The van der Waals surface area contributed by atoms with Crippen molar-refractivity contribution in [3.8, 4) is 11.1 Å². The van der Waals surface area contributed by atoms with Gasteiger partial charge in [0.05, 0.1) is 0 Å². The summed E-state index contributed by atoms with van der Waals surface area (Å²) in [4.78, 5) is 25.8. The van der Waals surface area contributed by atoms with Gasteiger partial charge >= 0.3 is 0 Å². The topological polar surface area (TPSA) is 34.1 Å². The molecular formula is C24H20O2S2. The average Bonchev–Trinajstić information content (AvgIpc) is 2.68. The first-order valence-corrected chi connectivity index (χ1v) is 10.4. The Bertz CT molecular complexity index is 1100. The fourth-order valence-corrected chi connectivity index (χ4v) is 4.17. The highest BCUT2D eigenvalue weighted by atomic mass is 32.2. The zero-order chi connectivity index (χ0) is 20.3. The molecule has 0 unspecified atom stereocenters. The van der Waals surface area contributed by atoms with Gasteiger partial charge in [-0.25, -0.2) is 0 Å². The van der Waals surface area contributed by atoms with Gasteiger partial charge in [0.1, 0.15) is 0 Å². The van der Waals surface area contributed by atoms with E-state index in [1.807, 2.05) is 48.5 Å². The molecule has 0 aliphatic rings. The Labute approximate surface area is 173 Å². The average molecular weight is 405 g/mol. The number of rotatable bonds is 5. The van der Waals surface area contributed by atoms with Crippen LogP contribution >= 0.6 is 23.5 Å². The van der Waals surface area contributed by atoms with E-state index in [1.165, 1.54) is 23.5 Å². The molecule has 28 heavy (non-hydrogen) atoms. The number of carbonyl (C=O) groups excluding carboxylic acids is 2. The first kappa shape index (κ1) is 20.2. The van der Waals surface area contributed by atoms with Crippen molar-refractivity contribution in [2.45, 2.75) is 23.6 Å². The summed E-state index contributed by atoms with van der Waals surface area (Å²) in [6.45, 7) is 10.9. The Morgan fingerprint density at radius 1 is 0.714 bits per heavy atom. The van der Waals surface area contributed by atoms with Gasteiger partial charge in [0.25, 0.3) is 0 Å². The lowest BCUT2D eigenvalue weighted by atomic mass is 9.98. The maximum absolute atomic E-state index is 12.1. The predicted octanol–water partition coefficient (Wildman–Crippen LogP) is 6.90. The molecular weight excluding hydrogens is 384 g/mol. The molecule has 140 valence electrons. The molecule has 0 aliphatic heterocycles. The summed E-state index contributed by atoms with van der Waals surface area (Å²) >= 11 is 2.39. The summed E-state index contributed by atoms with van der Waals surface area (Å²) < 4.78 is 0. The van der Waals surface area contributed by atoms with Crippen LogP contribution in [-0.4, -0.2) is 10.2 Å². The zero-order valence-electron chi connectivity index (χ0n) is 15.8. The van der Waals surface area contributed by atoms with Gasteiger partial charge in [-0.3, -0.25) is 9.59 Å². The second-order valence-electron chi connectivity index (χ2n) is 6.52. The maximum Gasteiger partial charge on any atom is 0.219 e. The lowest BCUT2D eigenvalue weighted by Gasteiger charge is -2.11. The first-order chi connectivity index (χ1) is 13.4. The molecule has 3 aromatic carbocycles. The van der Waals surface area contributed by atoms with E-state index in [0.717, 1.165) is 31.7 Å².